The van der Waals surface area contributed by atoms with Gasteiger partial charge >= 0.3 is 9.28 Å². The van der Waals surface area contributed by atoms with Crippen molar-refractivity contribution in [2.75, 3.05) is 0 Å². The molecule has 0 aromatic heterocycles. The summed E-state index contributed by atoms with van der Waals surface area (Å²) in [4.78, 5) is 0. The van der Waals surface area contributed by atoms with E-state index in [-0.39, 0.29) is 0 Å². The average molecular weight is 237 g/mol. The maximum Gasteiger partial charge on any atom is 0.304 e. The molecule has 0 radical (unpaired) electrons. The number of hydrogen-bond donors (Lipinski definition) is 0. The van der Waals surface area contributed by atoms with Crippen LogP contribution in [0, 0.1) is 11.3 Å². The van der Waals surface area contributed by atoms with Gasteiger partial charge in [0.15, 0.2) is 0 Å². The van der Waals surface area contributed by atoms with Crippen molar-refractivity contribution in [1.29, 1.82) is 5.26 Å². The zero-order valence-electron chi connectivity index (χ0n) is 6.69. The molecule has 0 amide bonds. The Hall–Kier alpha value is 0.198. The molecule has 68 valence electrons. The van der Waals surface area contributed by atoms with Crippen molar-refractivity contribution in [2.45, 2.75) is 12.5 Å². The lowest BCUT2D eigenvalue weighted by Gasteiger charge is -2.19. The summed E-state index contributed by atoms with van der Waals surface area (Å²) in [5.74, 6) is 0. The minimum absolute atomic E-state index is 0.525. The van der Waals surface area contributed by atoms with Gasteiger partial charge in [-0.2, -0.15) is 5.26 Å². The van der Waals surface area contributed by atoms with Gasteiger partial charge in [-0.3, -0.25) is 0 Å². The fourth-order valence-corrected chi connectivity index (χ4v) is 9.51. The lowest BCUT2D eigenvalue weighted by atomic mass is 10.6. The molecule has 0 aromatic rings. The highest BCUT2D eigenvalue weighted by Crippen LogP contribution is 2.01. The van der Waals surface area contributed by atoms with Crippen LogP contribution in [0.3, 0.4) is 0 Å². The lowest BCUT2D eigenvalue weighted by molar-refractivity contribution is 0.328. The zero-order chi connectivity index (χ0) is 8.65. The van der Waals surface area contributed by atoms with E-state index in [9.17, 15) is 0 Å². The fraction of sp³-hybridized carbons (Fsp3) is 0.667. The summed E-state index contributed by atoms with van der Waals surface area (Å²) in [6, 6.07) is 2.85. The molecule has 0 unspecified atom stereocenters. The zero-order valence-corrected chi connectivity index (χ0v) is 12.1. The van der Waals surface area contributed by atoms with Crippen LogP contribution in [0.25, 0.3) is 0 Å². The van der Waals surface area contributed by atoms with Gasteiger partial charge in [-0.1, -0.05) is 0 Å². The predicted molar refractivity (Wildman–Crippen MR) is 52.2 cm³/mol. The van der Waals surface area contributed by atoms with Crippen molar-refractivity contribution in [3.8, 4) is 6.07 Å². The van der Waals surface area contributed by atoms with Crippen LogP contribution in [0.4, 0.5) is 0 Å². The van der Waals surface area contributed by atoms with Crippen LogP contribution >= 0.6 is 0 Å². The molecule has 0 aromatic carbocycles. The van der Waals surface area contributed by atoms with E-state index in [0.717, 1.165) is 6.04 Å². The van der Waals surface area contributed by atoms with Crippen LogP contribution < -0.4 is 0 Å². The molecule has 1 saturated heterocycles. The van der Waals surface area contributed by atoms with Crippen molar-refractivity contribution in [2.24, 2.45) is 0 Å². The molecule has 1 rings (SSSR count). The fourth-order valence-electron chi connectivity index (χ4n) is 0.772. The molecule has 0 N–H and O–H groups in total. The maximum atomic E-state index is 8.35. The summed E-state index contributed by atoms with van der Waals surface area (Å²) >= 11 is 0. The summed E-state index contributed by atoms with van der Waals surface area (Å²) in [6.07, 6.45) is 0.525. The first kappa shape index (κ1) is 10.3. The first-order valence-corrected chi connectivity index (χ1v) is 8.91. The Morgan fingerprint density at radius 1 is 1.17 bits per heavy atom. The first-order valence-electron chi connectivity index (χ1n) is 3.69. The van der Waals surface area contributed by atoms with E-state index >= 15 is 0 Å². The molecule has 1 aliphatic rings. The van der Waals surface area contributed by atoms with Crippen LogP contribution in [-0.4, -0.2) is 39.3 Å². The Morgan fingerprint density at radius 3 is 2.42 bits per heavy atom. The Morgan fingerprint density at radius 2 is 1.83 bits per heavy atom. The minimum Gasteiger partial charge on any atom is -0.425 e. The highest BCUT2D eigenvalue weighted by molar-refractivity contribution is 6.60. The summed E-state index contributed by atoms with van der Waals surface area (Å²) in [7, 11) is -3.98. The number of hydrogen-bond acceptors (Lipinski definition) is 5. The van der Waals surface area contributed by atoms with Crippen molar-refractivity contribution in [1.82, 2.24) is 0 Å². The molecule has 0 bridgehead atoms. The van der Waals surface area contributed by atoms with E-state index in [1.165, 1.54) is 0 Å². The molecule has 0 saturated carbocycles. The average Bonchev–Trinajstić information content (AvgIpc) is 2.02. The van der Waals surface area contributed by atoms with E-state index in [0.29, 0.717) is 6.42 Å². The molecule has 0 spiro atoms. The van der Waals surface area contributed by atoms with E-state index in [1.807, 2.05) is 0 Å². The normalized spacial score (nSPS) is 31.4. The monoisotopic (exact) mass is 237 g/mol. The highest BCUT2D eigenvalue weighted by Gasteiger charge is 2.14. The molecule has 1 aliphatic heterocycles. The van der Waals surface area contributed by atoms with Gasteiger partial charge in [-0.15, -0.1) is 0 Å². The predicted octanol–water partition coefficient (Wildman–Crippen LogP) is -2.80. The standard InChI is InChI=1S/C3H11NO4Si4/c4-2-1-3-12-7-10-5-9-6-11-8-12/h12H,1,3,9-11H2. The Balaban J connectivity index is 2.16. The molecule has 9 heteroatoms. The van der Waals surface area contributed by atoms with Crippen LogP contribution in [-0.2, 0) is 16.5 Å². The lowest BCUT2D eigenvalue weighted by Crippen LogP contribution is -2.32. The Kier molecular flexibility index (Phi) is 5.73. The molecule has 0 atom stereocenters. The topological polar surface area (TPSA) is 60.7 Å². The van der Waals surface area contributed by atoms with E-state index in [4.69, 9.17) is 21.7 Å². The summed E-state index contributed by atoms with van der Waals surface area (Å²) in [5.41, 5.74) is 0. The van der Waals surface area contributed by atoms with E-state index in [1.54, 1.807) is 0 Å². The molecular weight excluding hydrogens is 226 g/mol. The largest absolute Gasteiger partial charge is 0.425 e. The smallest absolute Gasteiger partial charge is 0.304 e. The molecule has 5 nitrogen and oxygen atoms in total. The summed E-state index contributed by atoms with van der Waals surface area (Å²) < 4.78 is 21.4. The molecular formula is C3H11NO4Si4. The van der Waals surface area contributed by atoms with Crippen LogP contribution in [0.5, 0.6) is 0 Å². The first-order chi connectivity index (χ1) is 5.93. The molecule has 0 aliphatic carbocycles. The van der Waals surface area contributed by atoms with Gasteiger partial charge in [0, 0.05) is 6.42 Å². The van der Waals surface area contributed by atoms with E-state index in [2.05, 4.69) is 6.07 Å². The van der Waals surface area contributed by atoms with Gasteiger partial charge < -0.3 is 16.5 Å². The second-order valence-electron chi connectivity index (χ2n) is 2.22. The van der Waals surface area contributed by atoms with Gasteiger partial charge in [0.05, 0.1) is 6.07 Å². The van der Waals surface area contributed by atoms with Gasteiger partial charge in [0.25, 0.3) is 30.0 Å². The molecule has 1 fully saturated rings. The number of nitriles is 1. The number of nitrogens with zero attached hydrogens (tertiary/aromatic N) is 1. The maximum absolute atomic E-state index is 8.35. The van der Waals surface area contributed by atoms with E-state index < -0.39 is 39.3 Å². The third-order valence-electron chi connectivity index (χ3n) is 1.33. The van der Waals surface area contributed by atoms with Gasteiger partial charge in [-0.05, 0) is 6.04 Å². The summed E-state index contributed by atoms with van der Waals surface area (Å²) in [5, 5.41) is 8.35. The number of rotatable bonds is 2. The third kappa shape index (κ3) is 4.28. The Bertz CT molecular complexity index is 155. The molecule has 1 heterocycles. The minimum atomic E-state index is -1.54. The van der Waals surface area contributed by atoms with Crippen molar-refractivity contribution < 1.29 is 16.5 Å². The van der Waals surface area contributed by atoms with Gasteiger partial charge in [0.1, 0.15) is 0 Å². The SMILES string of the molecule is N#CCC[SiH]1O[SiH2]O[SiH2]O[SiH2]O1. The highest BCUT2D eigenvalue weighted by atomic mass is 28.4. The third-order valence-corrected chi connectivity index (χ3v) is 8.82. The van der Waals surface area contributed by atoms with Crippen LogP contribution in [0.15, 0.2) is 0 Å². The van der Waals surface area contributed by atoms with Crippen LogP contribution in [0.2, 0.25) is 6.04 Å². The summed E-state index contributed by atoms with van der Waals surface area (Å²) in [6.45, 7) is 0. The van der Waals surface area contributed by atoms with Crippen LogP contribution in [0.1, 0.15) is 6.42 Å². The van der Waals surface area contributed by atoms with Crippen molar-refractivity contribution in [3.63, 3.8) is 0 Å². The van der Waals surface area contributed by atoms with Gasteiger partial charge in [0.2, 0.25) is 0 Å². The van der Waals surface area contributed by atoms with Gasteiger partial charge in [-0.25, -0.2) is 0 Å². The second-order valence-corrected chi connectivity index (χ2v) is 10.3. The molecule has 12 heavy (non-hydrogen) atoms. The second kappa shape index (κ2) is 6.69. The van der Waals surface area contributed by atoms with Crippen molar-refractivity contribution >= 4 is 39.3 Å². The Labute approximate surface area is 80.0 Å². The quantitative estimate of drug-likeness (QED) is 0.486. The van der Waals surface area contributed by atoms with Crippen molar-refractivity contribution in [3.05, 3.63) is 0 Å².